The van der Waals surface area contributed by atoms with E-state index in [1.807, 2.05) is 0 Å². The van der Waals surface area contributed by atoms with Crippen LogP contribution >= 0.6 is 23.2 Å². The predicted octanol–water partition coefficient (Wildman–Crippen LogP) is 3.13. The summed E-state index contributed by atoms with van der Waals surface area (Å²) in [4.78, 5) is 24.7. The summed E-state index contributed by atoms with van der Waals surface area (Å²) in [6.07, 6.45) is 1.62. The lowest BCUT2D eigenvalue weighted by atomic mass is 10.0. The van der Waals surface area contributed by atoms with Crippen LogP contribution in [0.15, 0.2) is 18.2 Å². The van der Waals surface area contributed by atoms with Crippen LogP contribution in [0, 0.1) is 0 Å². The summed E-state index contributed by atoms with van der Waals surface area (Å²) in [5.41, 5.74) is 0.278. The maximum absolute atomic E-state index is 11.7. The van der Waals surface area contributed by atoms with Crippen molar-refractivity contribution >= 4 is 35.1 Å². The zero-order valence-electron chi connectivity index (χ0n) is 10.3. The van der Waals surface area contributed by atoms with Gasteiger partial charge in [0.1, 0.15) is 0 Å². The molecule has 1 amide bonds. The Labute approximate surface area is 120 Å². The number of aliphatic carboxylic acids is 1. The Morgan fingerprint density at radius 3 is 2.21 bits per heavy atom. The van der Waals surface area contributed by atoms with Crippen LogP contribution in [0.2, 0.25) is 10.0 Å². The van der Waals surface area contributed by atoms with Gasteiger partial charge in [-0.2, -0.15) is 0 Å². The Kier molecular flexibility index (Phi) is 4.02. The third-order valence-electron chi connectivity index (χ3n) is 3.09. The predicted molar refractivity (Wildman–Crippen MR) is 72.4 cm³/mol. The Morgan fingerprint density at radius 1 is 1.32 bits per heavy atom. The van der Waals surface area contributed by atoms with Gasteiger partial charge < -0.3 is 10.0 Å². The largest absolute Gasteiger partial charge is 0.479 e. The first-order valence-electron chi connectivity index (χ1n) is 5.89. The SMILES string of the molecule is CC(=O)N(C1CC1)C(C(=O)O)c1c(Cl)cccc1Cl. The fraction of sp³-hybridized carbons (Fsp3) is 0.385. The van der Waals surface area contributed by atoms with E-state index in [0.717, 1.165) is 12.8 Å². The second kappa shape index (κ2) is 5.39. The number of nitrogens with zero attached hydrogens (tertiary/aromatic N) is 1. The lowest BCUT2D eigenvalue weighted by Crippen LogP contribution is -2.39. The molecule has 0 spiro atoms. The van der Waals surface area contributed by atoms with E-state index >= 15 is 0 Å². The molecule has 1 aromatic carbocycles. The van der Waals surface area contributed by atoms with Gasteiger partial charge in [0.05, 0.1) is 0 Å². The lowest BCUT2D eigenvalue weighted by Gasteiger charge is -2.29. The van der Waals surface area contributed by atoms with Gasteiger partial charge in [-0.3, -0.25) is 4.79 Å². The van der Waals surface area contributed by atoms with Crippen molar-refractivity contribution in [3.05, 3.63) is 33.8 Å². The molecular weight excluding hydrogens is 289 g/mol. The number of carboxylic acid groups (broad SMARTS) is 1. The molecule has 0 heterocycles. The van der Waals surface area contributed by atoms with E-state index in [9.17, 15) is 14.7 Å². The third kappa shape index (κ3) is 2.85. The second-order valence-electron chi connectivity index (χ2n) is 4.53. The summed E-state index contributed by atoms with van der Waals surface area (Å²) >= 11 is 12.1. The number of amides is 1. The fourth-order valence-corrected chi connectivity index (χ4v) is 2.76. The Bertz CT molecular complexity index is 508. The number of carbonyl (C=O) groups is 2. The van der Waals surface area contributed by atoms with Crippen LogP contribution in [0.1, 0.15) is 31.4 Å². The maximum atomic E-state index is 11.7. The molecule has 1 unspecified atom stereocenters. The summed E-state index contributed by atoms with van der Waals surface area (Å²) < 4.78 is 0. The molecule has 0 aliphatic heterocycles. The van der Waals surface area contributed by atoms with Crippen LogP contribution in [0.4, 0.5) is 0 Å². The van der Waals surface area contributed by atoms with Gasteiger partial charge >= 0.3 is 5.97 Å². The van der Waals surface area contributed by atoms with Crippen molar-refractivity contribution in [2.75, 3.05) is 0 Å². The zero-order valence-corrected chi connectivity index (χ0v) is 11.8. The smallest absolute Gasteiger partial charge is 0.331 e. The first kappa shape index (κ1) is 14.2. The van der Waals surface area contributed by atoms with Gasteiger partial charge in [-0.1, -0.05) is 29.3 Å². The molecule has 0 radical (unpaired) electrons. The van der Waals surface area contributed by atoms with E-state index in [1.54, 1.807) is 18.2 Å². The van der Waals surface area contributed by atoms with Crippen molar-refractivity contribution < 1.29 is 14.7 Å². The monoisotopic (exact) mass is 301 g/mol. The summed E-state index contributed by atoms with van der Waals surface area (Å²) in [6, 6.07) is 3.62. The fourth-order valence-electron chi connectivity index (χ4n) is 2.16. The van der Waals surface area contributed by atoms with E-state index in [-0.39, 0.29) is 27.6 Å². The average Bonchev–Trinajstić information content (AvgIpc) is 3.10. The lowest BCUT2D eigenvalue weighted by molar-refractivity contribution is -0.150. The quantitative estimate of drug-likeness (QED) is 0.929. The molecule has 1 aliphatic carbocycles. The number of hydrogen-bond acceptors (Lipinski definition) is 2. The molecule has 1 N–H and O–H groups in total. The van der Waals surface area contributed by atoms with Gasteiger partial charge in [0.15, 0.2) is 6.04 Å². The minimum absolute atomic E-state index is 0.0362. The first-order chi connectivity index (χ1) is 8.93. The highest BCUT2D eigenvalue weighted by Crippen LogP contribution is 2.39. The summed E-state index contributed by atoms with van der Waals surface area (Å²) in [5.74, 6) is -1.41. The van der Waals surface area contributed by atoms with Gasteiger partial charge in [0.25, 0.3) is 0 Å². The van der Waals surface area contributed by atoms with E-state index in [2.05, 4.69) is 0 Å². The molecule has 0 bridgehead atoms. The molecule has 19 heavy (non-hydrogen) atoms. The average molecular weight is 302 g/mol. The molecule has 1 atom stereocenters. The van der Waals surface area contributed by atoms with Gasteiger partial charge in [-0.15, -0.1) is 0 Å². The van der Waals surface area contributed by atoms with Crippen LogP contribution in [-0.4, -0.2) is 27.9 Å². The molecule has 1 aliphatic rings. The highest BCUT2D eigenvalue weighted by atomic mass is 35.5. The molecule has 1 saturated carbocycles. The highest BCUT2D eigenvalue weighted by molar-refractivity contribution is 6.36. The minimum Gasteiger partial charge on any atom is -0.479 e. The summed E-state index contributed by atoms with van der Waals surface area (Å²) in [7, 11) is 0. The number of carboxylic acids is 1. The van der Waals surface area contributed by atoms with Crippen LogP contribution in [0.5, 0.6) is 0 Å². The molecule has 4 nitrogen and oxygen atoms in total. The first-order valence-corrected chi connectivity index (χ1v) is 6.64. The zero-order chi connectivity index (χ0) is 14.2. The summed E-state index contributed by atoms with van der Waals surface area (Å²) in [6.45, 7) is 1.36. The van der Waals surface area contributed by atoms with E-state index in [4.69, 9.17) is 23.2 Å². The van der Waals surface area contributed by atoms with E-state index in [0.29, 0.717) is 0 Å². The van der Waals surface area contributed by atoms with Gasteiger partial charge in [-0.25, -0.2) is 4.79 Å². The third-order valence-corrected chi connectivity index (χ3v) is 3.75. The van der Waals surface area contributed by atoms with Crippen molar-refractivity contribution in [3.63, 3.8) is 0 Å². The number of benzene rings is 1. The maximum Gasteiger partial charge on any atom is 0.331 e. The second-order valence-corrected chi connectivity index (χ2v) is 5.35. The van der Waals surface area contributed by atoms with E-state index in [1.165, 1.54) is 11.8 Å². The van der Waals surface area contributed by atoms with E-state index < -0.39 is 12.0 Å². The standard InChI is InChI=1S/C13H13Cl2NO3/c1-7(17)16(8-5-6-8)12(13(18)19)11-9(14)3-2-4-10(11)15/h2-4,8,12H,5-6H2,1H3,(H,18,19). The molecule has 102 valence electrons. The number of halogens is 2. The molecule has 6 heteroatoms. The number of rotatable bonds is 4. The molecular formula is C13H13Cl2NO3. The van der Waals surface area contributed by atoms with Gasteiger partial charge in [0, 0.05) is 28.6 Å². The van der Waals surface area contributed by atoms with Crippen LogP contribution in [0.25, 0.3) is 0 Å². The normalized spacial score (nSPS) is 15.9. The molecule has 1 fully saturated rings. The van der Waals surface area contributed by atoms with Crippen molar-refractivity contribution in [1.29, 1.82) is 0 Å². The van der Waals surface area contributed by atoms with Crippen LogP contribution in [-0.2, 0) is 9.59 Å². The minimum atomic E-state index is -1.13. The van der Waals surface area contributed by atoms with Crippen LogP contribution < -0.4 is 0 Å². The highest BCUT2D eigenvalue weighted by Gasteiger charge is 2.41. The van der Waals surface area contributed by atoms with Gasteiger partial charge in [-0.05, 0) is 25.0 Å². The van der Waals surface area contributed by atoms with Crippen LogP contribution in [0.3, 0.4) is 0 Å². The molecule has 2 rings (SSSR count). The molecule has 0 aromatic heterocycles. The number of hydrogen-bond donors (Lipinski definition) is 1. The Morgan fingerprint density at radius 2 is 1.84 bits per heavy atom. The Hall–Kier alpha value is -1.26. The summed E-state index contributed by atoms with van der Waals surface area (Å²) in [5, 5.41) is 9.97. The van der Waals surface area contributed by atoms with Gasteiger partial charge in [0.2, 0.25) is 5.91 Å². The van der Waals surface area contributed by atoms with Crippen molar-refractivity contribution in [1.82, 2.24) is 4.90 Å². The van der Waals surface area contributed by atoms with Crippen molar-refractivity contribution in [3.8, 4) is 0 Å². The van der Waals surface area contributed by atoms with Crippen molar-refractivity contribution in [2.45, 2.75) is 31.8 Å². The van der Waals surface area contributed by atoms with Crippen molar-refractivity contribution in [2.24, 2.45) is 0 Å². The topological polar surface area (TPSA) is 57.6 Å². The number of carbonyl (C=O) groups excluding carboxylic acids is 1. The molecule has 1 aromatic rings. The molecule has 0 saturated heterocycles. The Balaban J connectivity index is 2.50.